The molecule has 0 saturated heterocycles. The van der Waals surface area contributed by atoms with Crippen LogP contribution in [0.4, 0.5) is 0 Å². The molecule has 0 spiro atoms. The average molecular weight is 367 g/mol. The monoisotopic (exact) mass is 367 g/mol. The van der Waals surface area contributed by atoms with Crippen LogP contribution >= 0.6 is 0 Å². The lowest BCUT2D eigenvalue weighted by Crippen LogP contribution is -2.27. The molecule has 2 nitrogen and oxygen atoms in total. The number of rotatable bonds is 5. The van der Waals surface area contributed by atoms with Crippen LogP contribution in [0.25, 0.3) is 11.6 Å². The van der Waals surface area contributed by atoms with Crippen molar-refractivity contribution in [2.45, 2.75) is 32.2 Å². The van der Waals surface area contributed by atoms with Gasteiger partial charge in [0.2, 0.25) is 0 Å². The summed E-state index contributed by atoms with van der Waals surface area (Å²) in [6.45, 7) is 2.06. The Hall–Kier alpha value is -3.13. The number of benzene rings is 3. The topological polar surface area (TPSA) is 29.1 Å². The van der Waals surface area contributed by atoms with Gasteiger partial charge in [-0.25, -0.2) is 0 Å². The minimum Gasteiger partial charge on any atom is -0.345 e. The molecule has 0 aliphatic heterocycles. The van der Waals surface area contributed by atoms with Gasteiger partial charge in [0, 0.05) is 5.57 Å². The average Bonchev–Trinajstić information content (AvgIpc) is 3.21. The second-order valence-electron chi connectivity index (χ2n) is 7.41. The lowest BCUT2D eigenvalue weighted by atomic mass is 9.99. The van der Waals surface area contributed by atoms with E-state index in [9.17, 15) is 4.79 Å². The molecule has 28 heavy (non-hydrogen) atoms. The second-order valence-corrected chi connectivity index (χ2v) is 7.41. The largest absolute Gasteiger partial charge is 0.345 e. The quantitative estimate of drug-likeness (QED) is 0.462. The Kier molecular flexibility index (Phi) is 5.38. The van der Waals surface area contributed by atoms with Gasteiger partial charge >= 0.3 is 0 Å². The van der Waals surface area contributed by atoms with Crippen molar-refractivity contribution in [3.8, 4) is 0 Å². The predicted octanol–water partition coefficient (Wildman–Crippen LogP) is 5.59. The van der Waals surface area contributed by atoms with Crippen molar-refractivity contribution >= 4 is 17.6 Å². The van der Waals surface area contributed by atoms with Crippen LogP contribution < -0.4 is 5.32 Å². The zero-order valence-corrected chi connectivity index (χ0v) is 16.2. The third kappa shape index (κ3) is 4.07. The van der Waals surface area contributed by atoms with Crippen molar-refractivity contribution in [1.82, 2.24) is 5.32 Å². The molecule has 2 heteroatoms. The van der Waals surface area contributed by atoms with E-state index in [2.05, 4.69) is 30.4 Å². The van der Waals surface area contributed by atoms with Gasteiger partial charge in [-0.1, -0.05) is 78.9 Å². The lowest BCUT2D eigenvalue weighted by molar-refractivity contribution is -0.116. The number of amides is 1. The molecule has 1 aliphatic carbocycles. The number of nitrogens with one attached hydrogen (secondary N) is 1. The van der Waals surface area contributed by atoms with E-state index >= 15 is 0 Å². The first-order valence-corrected chi connectivity index (χ1v) is 9.95. The molecule has 3 aromatic carbocycles. The molecule has 1 atom stereocenters. The minimum absolute atomic E-state index is 0.0405. The van der Waals surface area contributed by atoms with Gasteiger partial charge < -0.3 is 5.32 Å². The first kappa shape index (κ1) is 18.2. The highest BCUT2D eigenvalue weighted by Crippen LogP contribution is 2.26. The van der Waals surface area contributed by atoms with Crippen LogP contribution in [0.2, 0.25) is 0 Å². The number of carbonyl (C=O) groups is 1. The van der Waals surface area contributed by atoms with E-state index in [0.717, 1.165) is 17.5 Å². The van der Waals surface area contributed by atoms with E-state index in [4.69, 9.17) is 0 Å². The number of carbonyl (C=O) groups excluding carboxylic acids is 1. The Bertz CT molecular complexity index is 989. The van der Waals surface area contributed by atoms with Gasteiger partial charge in [-0.05, 0) is 60.1 Å². The summed E-state index contributed by atoms with van der Waals surface area (Å²) in [7, 11) is 0. The van der Waals surface area contributed by atoms with Crippen molar-refractivity contribution in [2.75, 3.05) is 0 Å². The number of fused-ring (bicyclic) bond motifs is 1. The third-order valence-corrected chi connectivity index (χ3v) is 5.41. The number of hydrogen-bond acceptors (Lipinski definition) is 1. The van der Waals surface area contributed by atoms with Gasteiger partial charge in [0.1, 0.15) is 0 Å². The van der Waals surface area contributed by atoms with Gasteiger partial charge in [0.15, 0.2) is 0 Å². The Labute approximate surface area is 166 Å². The van der Waals surface area contributed by atoms with Crippen molar-refractivity contribution in [3.63, 3.8) is 0 Å². The first-order valence-electron chi connectivity index (χ1n) is 9.95. The lowest BCUT2D eigenvalue weighted by Gasteiger charge is -2.17. The van der Waals surface area contributed by atoms with Crippen LogP contribution in [0.5, 0.6) is 0 Å². The van der Waals surface area contributed by atoms with Crippen LogP contribution in [0.1, 0.15) is 47.2 Å². The Balaban J connectivity index is 1.60. The normalized spacial score (nSPS) is 14.4. The van der Waals surface area contributed by atoms with Crippen molar-refractivity contribution < 1.29 is 4.79 Å². The molecule has 0 aromatic heterocycles. The molecule has 0 saturated carbocycles. The highest BCUT2D eigenvalue weighted by molar-refractivity contribution is 6.24. The zero-order chi connectivity index (χ0) is 19.3. The molecule has 1 N–H and O–H groups in total. The molecule has 3 aromatic rings. The SMILES string of the molecule is C[C@H](NC(=O)/C(=C/c1ccccc1)c1ccccc1)c1ccc2c(c1)CCC2. The van der Waals surface area contributed by atoms with E-state index in [0.29, 0.717) is 5.57 Å². The molecular weight excluding hydrogens is 342 g/mol. The standard InChI is InChI=1S/C26H25NO/c1-19(23-16-15-21-13-8-14-24(21)18-23)27-26(28)25(22-11-6-3-7-12-22)17-20-9-4-2-5-10-20/h2-7,9-12,15-19H,8,13-14H2,1H3,(H,27,28)/b25-17+/t19-/m0/s1. The van der Waals surface area contributed by atoms with E-state index < -0.39 is 0 Å². The van der Waals surface area contributed by atoms with Gasteiger partial charge in [-0.15, -0.1) is 0 Å². The molecular formula is C26H25NO. The molecule has 0 radical (unpaired) electrons. The van der Waals surface area contributed by atoms with Gasteiger partial charge in [-0.3, -0.25) is 4.79 Å². The third-order valence-electron chi connectivity index (χ3n) is 5.41. The highest BCUT2D eigenvalue weighted by atomic mass is 16.1. The molecule has 0 unspecified atom stereocenters. The van der Waals surface area contributed by atoms with Crippen LogP contribution in [0.15, 0.2) is 78.9 Å². The summed E-state index contributed by atoms with van der Waals surface area (Å²) in [5.74, 6) is -0.0527. The van der Waals surface area contributed by atoms with Crippen LogP contribution in [-0.4, -0.2) is 5.91 Å². The fourth-order valence-corrected chi connectivity index (χ4v) is 3.83. The molecule has 1 amide bonds. The van der Waals surface area contributed by atoms with Crippen molar-refractivity contribution in [1.29, 1.82) is 0 Å². The van der Waals surface area contributed by atoms with Crippen LogP contribution in [0.3, 0.4) is 0 Å². The second kappa shape index (κ2) is 8.26. The van der Waals surface area contributed by atoms with E-state index in [1.807, 2.05) is 66.7 Å². The minimum atomic E-state index is -0.0527. The molecule has 1 aliphatic rings. The Morgan fingerprint density at radius 2 is 1.57 bits per heavy atom. The number of aryl methyl sites for hydroxylation is 2. The molecule has 0 bridgehead atoms. The fraction of sp³-hybridized carbons (Fsp3) is 0.192. The molecule has 0 heterocycles. The van der Waals surface area contributed by atoms with Gasteiger partial charge in [0.05, 0.1) is 6.04 Å². The van der Waals surface area contributed by atoms with Crippen molar-refractivity contribution in [3.05, 3.63) is 107 Å². The van der Waals surface area contributed by atoms with Crippen LogP contribution in [-0.2, 0) is 17.6 Å². The summed E-state index contributed by atoms with van der Waals surface area (Å²) in [6.07, 6.45) is 5.51. The molecule has 0 fully saturated rings. The van der Waals surface area contributed by atoms with E-state index in [1.165, 1.54) is 29.5 Å². The first-order chi connectivity index (χ1) is 13.7. The summed E-state index contributed by atoms with van der Waals surface area (Å²) in [4.78, 5) is 13.2. The smallest absolute Gasteiger partial charge is 0.252 e. The zero-order valence-electron chi connectivity index (χ0n) is 16.2. The maximum Gasteiger partial charge on any atom is 0.252 e. The van der Waals surface area contributed by atoms with Gasteiger partial charge in [0.25, 0.3) is 5.91 Å². The van der Waals surface area contributed by atoms with Gasteiger partial charge in [-0.2, -0.15) is 0 Å². The Morgan fingerprint density at radius 3 is 2.32 bits per heavy atom. The summed E-state index contributed by atoms with van der Waals surface area (Å²) < 4.78 is 0. The van der Waals surface area contributed by atoms with E-state index in [1.54, 1.807) is 0 Å². The van der Waals surface area contributed by atoms with E-state index in [-0.39, 0.29) is 11.9 Å². The van der Waals surface area contributed by atoms with Crippen molar-refractivity contribution in [2.24, 2.45) is 0 Å². The predicted molar refractivity (Wildman–Crippen MR) is 116 cm³/mol. The fourth-order valence-electron chi connectivity index (χ4n) is 3.83. The summed E-state index contributed by atoms with van der Waals surface area (Å²) in [6, 6.07) is 26.4. The molecule has 4 rings (SSSR count). The maximum atomic E-state index is 13.2. The summed E-state index contributed by atoms with van der Waals surface area (Å²) in [5, 5.41) is 3.20. The summed E-state index contributed by atoms with van der Waals surface area (Å²) >= 11 is 0. The maximum absolute atomic E-state index is 13.2. The number of hydrogen-bond donors (Lipinski definition) is 1. The van der Waals surface area contributed by atoms with Crippen LogP contribution in [0, 0.1) is 0 Å². The highest BCUT2D eigenvalue weighted by Gasteiger charge is 2.18. The Morgan fingerprint density at radius 1 is 0.893 bits per heavy atom. The molecule has 140 valence electrons. The summed E-state index contributed by atoms with van der Waals surface area (Å²) in [5.41, 5.74) is 6.67.